The Balaban J connectivity index is 2.97. The van der Waals surface area contributed by atoms with E-state index in [1.165, 1.54) is 13.2 Å². The summed E-state index contributed by atoms with van der Waals surface area (Å²) in [5.74, 6) is -1.89. The molecule has 1 aromatic carbocycles. The minimum atomic E-state index is -1.38. The number of aromatic amines is 1. The lowest BCUT2D eigenvalue weighted by Gasteiger charge is -2.06. The fourth-order valence-corrected chi connectivity index (χ4v) is 1.60. The summed E-state index contributed by atoms with van der Waals surface area (Å²) in [6.45, 7) is 0. The lowest BCUT2D eigenvalue weighted by atomic mass is 10.1. The largest absolute Gasteiger partial charge is 0.496 e. The molecule has 1 heterocycles. The molecule has 2 rings (SSSR count). The highest BCUT2D eigenvalue weighted by molar-refractivity contribution is 5.94. The van der Waals surface area contributed by atoms with Crippen molar-refractivity contribution in [2.75, 3.05) is 7.11 Å². The van der Waals surface area contributed by atoms with Gasteiger partial charge in [0.2, 0.25) is 5.43 Å². The Kier molecular flexibility index (Phi) is 2.55. The highest BCUT2D eigenvalue weighted by Crippen LogP contribution is 2.23. The summed E-state index contributed by atoms with van der Waals surface area (Å²) in [6.07, 6.45) is 0.968. The van der Waals surface area contributed by atoms with Crippen molar-refractivity contribution in [1.82, 2.24) is 4.98 Å². The van der Waals surface area contributed by atoms with E-state index >= 15 is 0 Å². The molecule has 0 aliphatic rings. The number of hydrogen-bond acceptors (Lipinski definition) is 3. The molecule has 1 aromatic heterocycles. The van der Waals surface area contributed by atoms with E-state index in [-0.39, 0.29) is 16.7 Å². The number of carboxylic acids is 1. The predicted molar refractivity (Wildman–Crippen MR) is 58.0 cm³/mol. The highest BCUT2D eigenvalue weighted by atomic mass is 19.1. The number of nitrogens with one attached hydrogen (secondary N) is 1. The number of carboxylic acid groups (broad SMARTS) is 1. The van der Waals surface area contributed by atoms with E-state index in [4.69, 9.17) is 9.84 Å². The first kappa shape index (κ1) is 11.1. The topological polar surface area (TPSA) is 79.4 Å². The van der Waals surface area contributed by atoms with Crippen LogP contribution in [0.5, 0.6) is 5.75 Å². The fraction of sp³-hybridized carbons (Fsp3) is 0.0909. The number of pyridine rings is 1. The second-order valence-electron chi connectivity index (χ2n) is 3.34. The summed E-state index contributed by atoms with van der Waals surface area (Å²) in [4.78, 5) is 25.1. The molecule has 88 valence electrons. The minimum absolute atomic E-state index is 0.0700. The maximum Gasteiger partial charge on any atom is 0.341 e. The molecule has 2 aromatic rings. The van der Waals surface area contributed by atoms with Crippen LogP contribution in [0.1, 0.15) is 10.4 Å². The van der Waals surface area contributed by atoms with Crippen molar-refractivity contribution in [3.63, 3.8) is 0 Å². The zero-order valence-corrected chi connectivity index (χ0v) is 8.78. The van der Waals surface area contributed by atoms with Crippen LogP contribution in [0.2, 0.25) is 0 Å². The van der Waals surface area contributed by atoms with E-state index in [0.717, 1.165) is 12.3 Å². The van der Waals surface area contributed by atoms with Crippen molar-refractivity contribution < 1.29 is 19.0 Å². The molecule has 0 saturated heterocycles. The molecule has 17 heavy (non-hydrogen) atoms. The van der Waals surface area contributed by atoms with Gasteiger partial charge in [0.15, 0.2) is 0 Å². The molecule has 0 radical (unpaired) electrons. The third kappa shape index (κ3) is 1.63. The molecule has 0 unspecified atom stereocenters. The Morgan fingerprint density at radius 1 is 1.47 bits per heavy atom. The third-order valence-corrected chi connectivity index (χ3v) is 2.40. The van der Waals surface area contributed by atoms with Gasteiger partial charge in [-0.15, -0.1) is 0 Å². The van der Waals surface area contributed by atoms with Gasteiger partial charge < -0.3 is 14.8 Å². The van der Waals surface area contributed by atoms with E-state index in [1.807, 2.05) is 0 Å². The van der Waals surface area contributed by atoms with E-state index in [2.05, 4.69) is 4.98 Å². The molecule has 0 saturated carbocycles. The number of hydrogen-bond donors (Lipinski definition) is 2. The number of benzene rings is 1. The number of halogens is 1. The summed E-state index contributed by atoms with van der Waals surface area (Å²) in [5, 5.41) is 8.70. The van der Waals surface area contributed by atoms with Gasteiger partial charge in [-0.1, -0.05) is 0 Å². The lowest BCUT2D eigenvalue weighted by Crippen LogP contribution is -2.16. The Morgan fingerprint density at radius 2 is 2.18 bits per heavy atom. The number of aromatic carboxylic acids is 1. The molecule has 0 spiro atoms. The number of methoxy groups -OCH3 is 1. The quantitative estimate of drug-likeness (QED) is 0.826. The molecular weight excluding hydrogens is 229 g/mol. The average Bonchev–Trinajstić information content (AvgIpc) is 2.30. The predicted octanol–water partition coefficient (Wildman–Crippen LogP) is 1.37. The van der Waals surface area contributed by atoms with Crippen LogP contribution in [0.15, 0.2) is 23.1 Å². The van der Waals surface area contributed by atoms with Crippen molar-refractivity contribution in [1.29, 1.82) is 0 Å². The zero-order chi connectivity index (χ0) is 12.6. The van der Waals surface area contributed by atoms with Gasteiger partial charge in [-0.2, -0.15) is 0 Å². The van der Waals surface area contributed by atoms with Crippen LogP contribution in [0.3, 0.4) is 0 Å². The first-order chi connectivity index (χ1) is 8.06. The summed E-state index contributed by atoms with van der Waals surface area (Å²) < 4.78 is 18.4. The van der Waals surface area contributed by atoms with Gasteiger partial charge in [-0.25, -0.2) is 9.18 Å². The van der Waals surface area contributed by atoms with Crippen LogP contribution >= 0.6 is 0 Å². The maximum absolute atomic E-state index is 13.4. The molecule has 0 aliphatic carbocycles. The minimum Gasteiger partial charge on any atom is -0.496 e. The van der Waals surface area contributed by atoms with Gasteiger partial charge in [0.05, 0.1) is 18.0 Å². The van der Waals surface area contributed by atoms with Gasteiger partial charge in [0.25, 0.3) is 0 Å². The van der Waals surface area contributed by atoms with Gasteiger partial charge in [0.1, 0.15) is 17.1 Å². The van der Waals surface area contributed by atoms with Crippen LogP contribution in [0, 0.1) is 5.82 Å². The molecule has 0 atom stereocenters. The summed E-state index contributed by atoms with van der Waals surface area (Å²) >= 11 is 0. The van der Waals surface area contributed by atoms with Crippen molar-refractivity contribution in [2.45, 2.75) is 0 Å². The average molecular weight is 237 g/mol. The summed E-state index contributed by atoms with van der Waals surface area (Å²) in [7, 11) is 1.32. The Labute approximate surface area is 94.5 Å². The van der Waals surface area contributed by atoms with Crippen LogP contribution in [-0.4, -0.2) is 23.2 Å². The van der Waals surface area contributed by atoms with Gasteiger partial charge in [-0.3, -0.25) is 4.79 Å². The first-order valence-electron chi connectivity index (χ1n) is 4.67. The molecular formula is C11H8FNO4. The smallest absolute Gasteiger partial charge is 0.341 e. The Morgan fingerprint density at radius 3 is 2.76 bits per heavy atom. The first-order valence-corrected chi connectivity index (χ1v) is 4.67. The lowest BCUT2D eigenvalue weighted by molar-refractivity contribution is 0.0695. The number of fused-ring (bicyclic) bond motifs is 1. The molecule has 0 amide bonds. The van der Waals surface area contributed by atoms with E-state index in [9.17, 15) is 14.0 Å². The number of H-pyrrole nitrogens is 1. The Hall–Kier alpha value is -2.37. The van der Waals surface area contributed by atoms with Gasteiger partial charge in [-0.05, 0) is 12.1 Å². The Bertz CT molecular complexity index is 662. The third-order valence-electron chi connectivity index (χ3n) is 2.40. The highest BCUT2D eigenvalue weighted by Gasteiger charge is 2.16. The molecule has 5 nitrogen and oxygen atoms in total. The summed E-state index contributed by atoms with van der Waals surface area (Å²) in [6, 6.07) is 2.41. The second-order valence-corrected chi connectivity index (χ2v) is 3.34. The number of carbonyl (C=O) groups is 1. The number of ether oxygens (including phenoxy) is 1. The molecule has 6 heteroatoms. The molecule has 0 aliphatic heterocycles. The number of aromatic nitrogens is 1. The van der Waals surface area contributed by atoms with Crippen LogP contribution in [0.4, 0.5) is 4.39 Å². The standard InChI is InChI=1S/C11H8FNO4/c1-17-7-3-2-6(12)9-8(7)10(14)5(4-13-9)11(15)16/h2-4H,1H3,(H,13,14)(H,15,16). The zero-order valence-electron chi connectivity index (χ0n) is 8.78. The molecule has 0 bridgehead atoms. The molecule has 0 fully saturated rings. The maximum atomic E-state index is 13.4. The molecule has 2 N–H and O–H groups in total. The van der Waals surface area contributed by atoms with Gasteiger partial charge in [0, 0.05) is 6.20 Å². The monoisotopic (exact) mass is 237 g/mol. The fourth-order valence-electron chi connectivity index (χ4n) is 1.60. The van der Waals surface area contributed by atoms with Crippen molar-refractivity contribution in [3.05, 3.63) is 39.9 Å². The van der Waals surface area contributed by atoms with E-state index in [0.29, 0.717) is 0 Å². The van der Waals surface area contributed by atoms with Crippen LogP contribution < -0.4 is 10.2 Å². The SMILES string of the molecule is COc1ccc(F)c2[nH]cc(C(=O)O)c(=O)c12. The number of rotatable bonds is 2. The van der Waals surface area contributed by atoms with Crippen molar-refractivity contribution in [3.8, 4) is 5.75 Å². The summed E-state index contributed by atoms with van der Waals surface area (Å²) in [5.41, 5.74) is -1.30. The van der Waals surface area contributed by atoms with E-state index in [1.54, 1.807) is 0 Å². The van der Waals surface area contributed by atoms with Gasteiger partial charge >= 0.3 is 5.97 Å². The van der Waals surface area contributed by atoms with Crippen molar-refractivity contribution >= 4 is 16.9 Å². The van der Waals surface area contributed by atoms with Crippen LogP contribution in [-0.2, 0) is 0 Å². The normalized spacial score (nSPS) is 10.5. The second kappa shape index (κ2) is 3.89. The van der Waals surface area contributed by atoms with E-state index < -0.39 is 22.8 Å². The van der Waals surface area contributed by atoms with Crippen LogP contribution in [0.25, 0.3) is 10.9 Å². The van der Waals surface area contributed by atoms with Crippen molar-refractivity contribution in [2.24, 2.45) is 0 Å².